The minimum atomic E-state index is -0.0880. The molecule has 2 fully saturated rings. The van der Waals surface area contributed by atoms with Crippen LogP contribution in [0.2, 0.25) is 0 Å². The Kier molecular flexibility index (Phi) is 4.89. The number of hydrogen-bond donors (Lipinski definition) is 1. The van der Waals surface area contributed by atoms with Crippen LogP contribution < -0.4 is 5.32 Å². The van der Waals surface area contributed by atoms with Crippen molar-refractivity contribution in [2.45, 2.75) is 25.3 Å². The molecule has 1 aromatic carbocycles. The van der Waals surface area contributed by atoms with E-state index in [0.29, 0.717) is 6.42 Å². The van der Waals surface area contributed by atoms with E-state index in [4.69, 9.17) is 4.74 Å². The van der Waals surface area contributed by atoms with Crippen LogP contribution in [0.4, 0.5) is 4.79 Å². The van der Waals surface area contributed by atoms with E-state index in [-0.39, 0.29) is 17.5 Å². The first-order valence-corrected chi connectivity index (χ1v) is 9.32. The van der Waals surface area contributed by atoms with Gasteiger partial charge in [0.2, 0.25) is 0 Å². The number of amides is 2. The second-order valence-electron chi connectivity index (χ2n) is 7.41. The average molecular weight is 351 g/mol. The lowest BCUT2D eigenvalue weighted by atomic mass is 9.87. The summed E-state index contributed by atoms with van der Waals surface area (Å²) in [5, 5.41) is 3.24. The number of urea groups is 1. The molecule has 2 saturated heterocycles. The summed E-state index contributed by atoms with van der Waals surface area (Å²) in [5.41, 5.74) is 2.26. The number of likely N-dealkylation sites (tertiary alicyclic amines) is 1. The summed E-state index contributed by atoms with van der Waals surface area (Å²) >= 11 is 0. The fraction of sp³-hybridized carbons (Fsp3) is 0.429. The number of ether oxygens (including phenoxy) is 1. The van der Waals surface area contributed by atoms with Crippen molar-refractivity contribution in [1.29, 1.82) is 0 Å². The fourth-order valence-corrected chi connectivity index (χ4v) is 3.99. The molecule has 2 aliphatic heterocycles. The highest BCUT2D eigenvalue weighted by Gasteiger charge is 2.43. The zero-order chi connectivity index (χ0) is 17.8. The Hall–Kier alpha value is -2.40. The molecule has 0 aliphatic carbocycles. The molecule has 4 rings (SSSR count). The first kappa shape index (κ1) is 17.0. The highest BCUT2D eigenvalue weighted by atomic mass is 16.5. The molecule has 5 nitrogen and oxygen atoms in total. The maximum absolute atomic E-state index is 12.9. The van der Waals surface area contributed by atoms with Gasteiger partial charge in [-0.3, -0.25) is 4.98 Å². The highest BCUT2D eigenvalue weighted by Crippen LogP contribution is 2.38. The van der Waals surface area contributed by atoms with Crippen LogP contribution in [0.3, 0.4) is 0 Å². The van der Waals surface area contributed by atoms with Crippen molar-refractivity contribution in [3.63, 3.8) is 0 Å². The minimum Gasteiger partial charge on any atom is -0.381 e. The maximum Gasteiger partial charge on any atom is 0.317 e. The number of hydrogen-bond acceptors (Lipinski definition) is 3. The molecule has 1 N–H and O–H groups in total. The van der Waals surface area contributed by atoms with Gasteiger partial charge < -0.3 is 15.0 Å². The summed E-state index contributed by atoms with van der Waals surface area (Å²) < 4.78 is 5.57. The summed E-state index contributed by atoms with van der Waals surface area (Å²) in [7, 11) is 0. The van der Waals surface area contributed by atoms with Gasteiger partial charge in [0.25, 0.3) is 0 Å². The van der Waals surface area contributed by atoms with Crippen LogP contribution in [0, 0.1) is 5.41 Å². The second kappa shape index (κ2) is 7.46. The predicted molar refractivity (Wildman–Crippen MR) is 99.7 cm³/mol. The highest BCUT2D eigenvalue weighted by molar-refractivity contribution is 5.75. The summed E-state index contributed by atoms with van der Waals surface area (Å²) in [6.07, 6.45) is 4.58. The lowest BCUT2D eigenvalue weighted by molar-refractivity contribution is 0.152. The number of nitrogens with zero attached hydrogens (tertiary/aromatic N) is 2. The van der Waals surface area contributed by atoms with Gasteiger partial charge in [0.15, 0.2) is 0 Å². The zero-order valence-electron chi connectivity index (χ0n) is 14.9. The minimum absolute atomic E-state index is 0.0126. The zero-order valence-corrected chi connectivity index (χ0v) is 14.9. The Morgan fingerprint density at radius 3 is 2.77 bits per heavy atom. The van der Waals surface area contributed by atoms with Gasteiger partial charge >= 0.3 is 6.03 Å². The van der Waals surface area contributed by atoms with Gasteiger partial charge in [0.05, 0.1) is 12.6 Å². The lowest BCUT2D eigenvalue weighted by Gasteiger charge is -2.25. The van der Waals surface area contributed by atoms with Crippen molar-refractivity contribution in [2.24, 2.45) is 5.41 Å². The van der Waals surface area contributed by atoms with Crippen molar-refractivity contribution in [3.8, 4) is 0 Å². The standard InChI is InChI=1S/C21H25N3O2/c25-20(24-12-9-21(15-24)10-13-26-16-21)23-19(17-6-2-1-3-7-17)14-18-8-4-5-11-22-18/h1-8,11,19H,9-10,12-16H2,(H,23,25). The number of aromatic nitrogens is 1. The number of rotatable bonds is 4. The largest absolute Gasteiger partial charge is 0.381 e. The molecule has 1 spiro atoms. The first-order valence-electron chi connectivity index (χ1n) is 9.32. The van der Waals surface area contributed by atoms with E-state index in [9.17, 15) is 4.79 Å². The molecule has 2 aromatic rings. The van der Waals surface area contributed by atoms with Gasteiger partial charge in [0, 0.05) is 43.4 Å². The van der Waals surface area contributed by atoms with E-state index in [1.54, 1.807) is 6.20 Å². The van der Waals surface area contributed by atoms with Gasteiger partial charge in [0.1, 0.15) is 0 Å². The number of carbonyl (C=O) groups is 1. The number of pyridine rings is 1. The van der Waals surface area contributed by atoms with Crippen molar-refractivity contribution in [1.82, 2.24) is 15.2 Å². The van der Waals surface area contributed by atoms with Crippen LogP contribution in [-0.4, -0.2) is 42.2 Å². The Balaban J connectivity index is 1.47. The van der Waals surface area contributed by atoms with E-state index in [0.717, 1.165) is 50.4 Å². The number of carbonyl (C=O) groups excluding carboxylic acids is 1. The summed E-state index contributed by atoms with van der Waals surface area (Å²) in [4.78, 5) is 19.3. The normalized spacial score (nSPS) is 23.3. The van der Waals surface area contributed by atoms with Crippen LogP contribution in [0.15, 0.2) is 54.7 Å². The van der Waals surface area contributed by atoms with Gasteiger partial charge in [-0.25, -0.2) is 4.79 Å². The maximum atomic E-state index is 12.9. The number of nitrogens with one attached hydrogen (secondary N) is 1. The molecular formula is C21H25N3O2. The Morgan fingerprint density at radius 2 is 2.04 bits per heavy atom. The SMILES string of the molecule is O=C(NC(Cc1ccccn1)c1ccccc1)N1CCC2(CCOC2)C1. The smallest absolute Gasteiger partial charge is 0.317 e. The van der Waals surface area contributed by atoms with Crippen molar-refractivity contribution in [3.05, 3.63) is 66.0 Å². The first-order chi connectivity index (χ1) is 12.7. The molecule has 26 heavy (non-hydrogen) atoms. The van der Waals surface area contributed by atoms with Gasteiger partial charge in [-0.2, -0.15) is 0 Å². The third kappa shape index (κ3) is 3.73. The Bertz CT molecular complexity index is 729. The Morgan fingerprint density at radius 1 is 1.19 bits per heavy atom. The molecule has 1 aromatic heterocycles. The lowest BCUT2D eigenvalue weighted by Crippen LogP contribution is -2.42. The average Bonchev–Trinajstić information content (AvgIpc) is 3.33. The third-order valence-corrected chi connectivity index (χ3v) is 5.55. The molecule has 2 atom stereocenters. The van der Waals surface area contributed by atoms with E-state index in [1.165, 1.54) is 0 Å². The molecule has 2 unspecified atom stereocenters. The van der Waals surface area contributed by atoms with Gasteiger partial charge in [-0.05, 0) is 30.5 Å². The molecule has 136 valence electrons. The van der Waals surface area contributed by atoms with Crippen LogP contribution in [0.25, 0.3) is 0 Å². The van der Waals surface area contributed by atoms with Crippen LogP contribution >= 0.6 is 0 Å². The molecule has 0 radical (unpaired) electrons. The van der Waals surface area contributed by atoms with E-state index >= 15 is 0 Å². The molecule has 3 heterocycles. The molecule has 2 amide bonds. The van der Waals surface area contributed by atoms with Crippen molar-refractivity contribution >= 4 is 6.03 Å². The quantitative estimate of drug-likeness (QED) is 0.920. The Labute approximate surface area is 154 Å². The van der Waals surface area contributed by atoms with Crippen LogP contribution in [0.5, 0.6) is 0 Å². The monoisotopic (exact) mass is 351 g/mol. The molecule has 0 bridgehead atoms. The molecule has 0 saturated carbocycles. The topological polar surface area (TPSA) is 54.5 Å². The van der Waals surface area contributed by atoms with Gasteiger partial charge in [-0.15, -0.1) is 0 Å². The number of benzene rings is 1. The van der Waals surface area contributed by atoms with Gasteiger partial charge in [-0.1, -0.05) is 36.4 Å². The summed E-state index contributed by atoms with van der Waals surface area (Å²) in [5.74, 6) is 0. The van der Waals surface area contributed by atoms with Crippen molar-refractivity contribution in [2.75, 3.05) is 26.3 Å². The second-order valence-corrected chi connectivity index (χ2v) is 7.41. The van der Waals surface area contributed by atoms with Crippen molar-refractivity contribution < 1.29 is 9.53 Å². The van der Waals surface area contributed by atoms with E-state index in [2.05, 4.69) is 22.4 Å². The fourth-order valence-electron chi connectivity index (χ4n) is 3.99. The summed E-state index contributed by atoms with van der Waals surface area (Å²) in [6.45, 7) is 3.21. The van der Waals surface area contributed by atoms with E-state index < -0.39 is 0 Å². The summed E-state index contributed by atoms with van der Waals surface area (Å²) in [6, 6.07) is 15.9. The predicted octanol–water partition coefficient (Wildman–Crippen LogP) is 3.19. The van der Waals surface area contributed by atoms with Crippen LogP contribution in [0.1, 0.15) is 30.1 Å². The molecular weight excluding hydrogens is 326 g/mol. The van der Waals surface area contributed by atoms with E-state index in [1.807, 2.05) is 41.3 Å². The molecule has 2 aliphatic rings. The van der Waals surface area contributed by atoms with Crippen LogP contribution in [-0.2, 0) is 11.2 Å². The third-order valence-electron chi connectivity index (χ3n) is 5.55. The molecule has 5 heteroatoms.